The third-order valence-corrected chi connectivity index (χ3v) is 4.21. The SMILES string of the molecule is CCC(C)(C)NC(=O)N1CCN(C2CNC2)CC1. The lowest BCUT2D eigenvalue weighted by atomic mass is 10.0. The maximum absolute atomic E-state index is 12.1. The lowest BCUT2D eigenvalue weighted by molar-refractivity contribution is 0.0823. The van der Waals surface area contributed by atoms with Crippen molar-refractivity contribution in [3.05, 3.63) is 0 Å². The van der Waals surface area contributed by atoms with Crippen molar-refractivity contribution in [2.75, 3.05) is 39.3 Å². The lowest BCUT2D eigenvalue weighted by Crippen LogP contribution is -2.63. The first-order valence-electron chi connectivity index (χ1n) is 7.04. The second kappa shape index (κ2) is 5.45. The Bertz CT molecular complexity index is 293. The summed E-state index contributed by atoms with van der Waals surface area (Å²) in [5, 5.41) is 6.40. The zero-order valence-electron chi connectivity index (χ0n) is 11.8. The minimum absolute atomic E-state index is 0.0910. The molecule has 2 heterocycles. The second-order valence-corrected chi connectivity index (χ2v) is 6.00. The summed E-state index contributed by atoms with van der Waals surface area (Å²) in [6.45, 7) is 12.2. The van der Waals surface area contributed by atoms with E-state index in [2.05, 4.69) is 36.3 Å². The maximum Gasteiger partial charge on any atom is 0.317 e. The maximum atomic E-state index is 12.1. The molecule has 5 nitrogen and oxygen atoms in total. The Labute approximate surface area is 110 Å². The number of nitrogens with zero attached hydrogens (tertiary/aromatic N) is 2. The van der Waals surface area contributed by atoms with Gasteiger partial charge in [-0.15, -0.1) is 0 Å². The van der Waals surface area contributed by atoms with Crippen molar-refractivity contribution in [3.63, 3.8) is 0 Å². The Morgan fingerprint density at radius 3 is 2.33 bits per heavy atom. The first kappa shape index (κ1) is 13.6. The van der Waals surface area contributed by atoms with Crippen molar-refractivity contribution in [3.8, 4) is 0 Å². The minimum atomic E-state index is -0.105. The molecular formula is C13H26N4O. The highest BCUT2D eigenvalue weighted by Gasteiger charge is 2.30. The van der Waals surface area contributed by atoms with E-state index in [0.717, 1.165) is 45.7 Å². The Hall–Kier alpha value is -0.810. The summed E-state index contributed by atoms with van der Waals surface area (Å²) in [4.78, 5) is 16.6. The van der Waals surface area contributed by atoms with Gasteiger partial charge in [-0.2, -0.15) is 0 Å². The highest BCUT2D eigenvalue weighted by molar-refractivity contribution is 5.75. The molecule has 0 atom stereocenters. The van der Waals surface area contributed by atoms with E-state index >= 15 is 0 Å². The number of hydrogen-bond donors (Lipinski definition) is 2. The molecule has 0 aromatic heterocycles. The fourth-order valence-electron chi connectivity index (χ4n) is 2.28. The summed E-state index contributed by atoms with van der Waals surface area (Å²) in [6.07, 6.45) is 0.951. The molecule has 0 aromatic carbocycles. The van der Waals surface area contributed by atoms with Crippen molar-refractivity contribution < 1.29 is 4.79 Å². The Balaban J connectivity index is 1.76. The number of nitrogens with one attached hydrogen (secondary N) is 2. The van der Waals surface area contributed by atoms with E-state index in [-0.39, 0.29) is 11.6 Å². The quantitative estimate of drug-likeness (QED) is 0.770. The molecule has 0 aliphatic carbocycles. The summed E-state index contributed by atoms with van der Waals surface area (Å²) in [7, 11) is 0. The van der Waals surface area contributed by atoms with Gasteiger partial charge in [-0.05, 0) is 20.3 Å². The van der Waals surface area contributed by atoms with Crippen molar-refractivity contribution in [2.45, 2.75) is 38.8 Å². The second-order valence-electron chi connectivity index (χ2n) is 6.00. The average molecular weight is 254 g/mol. The average Bonchev–Trinajstić information content (AvgIpc) is 2.27. The fourth-order valence-corrected chi connectivity index (χ4v) is 2.28. The van der Waals surface area contributed by atoms with Crippen LogP contribution in [0, 0.1) is 0 Å². The molecule has 2 aliphatic rings. The van der Waals surface area contributed by atoms with Crippen LogP contribution in [0.3, 0.4) is 0 Å². The smallest absolute Gasteiger partial charge is 0.317 e. The number of urea groups is 1. The van der Waals surface area contributed by atoms with E-state index in [9.17, 15) is 4.79 Å². The molecule has 2 amide bonds. The summed E-state index contributed by atoms with van der Waals surface area (Å²) in [6, 6.07) is 0.788. The van der Waals surface area contributed by atoms with E-state index in [0.29, 0.717) is 6.04 Å². The topological polar surface area (TPSA) is 47.6 Å². The van der Waals surface area contributed by atoms with Crippen LogP contribution in [0.25, 0.3) is 0 Å². The molecule has 2 rings (SSSR count). The van der Waals surface area contributed by atoms with E-state index < -0.39 is 0 Å². The van der Waals surface area contributed by atoms with Crippen LogP contribution in [0.15, 0.2) is 0 Å². The third kappa shape index (κ3) is 3.14. The van der Waals surface area contributed by atoms with Gasteiger partial charge in [0.2, 0.25) is 0 Å². The standard InChI is InChI=1S/C13H26N4O/c1-4-13(2,3)15-12(18)17-7-5-16(6-8-17)11-9-14-10-11/h11,14H,4-10H2,1-3H3,(H,15,18). The van der Waals surface area contributed by atoms with E-state index in [1.54, 1.807) is 0 Å². The molecule has 2 saturated heterocycles. The summed E-state index contributed by atoms with van der Waals surface area (Å²) in [5.41, 5.74) is -0.105. The van der Waals surface area contributed by atoms with Crippen LogP contribution in [0.2, 0.25) is 0 Å². The van der Waals surface area contributed by atoms with Crippen LogP contribution in [-0.4, -0.2) is 66.7 Å². The molecule has 104 valence electrons. The van der Waals surface area contributed by atoms with Crippen LogP contribution >= 0.6 is 0 Å². The molecule has 0 unspecified atom stereocenters. The van der Waals surface area contributed by atoms with Gasteiger partial charge in [0.15, 0.2) is 0 Å². The van der Waals surface area contributed by atoms with Crippen LogP contribution in [0.1, 0.15) is 27.2 Å². The van der Waals surface area contributed by atoms with Gasteiger partial charge < -0.3 is 15.5 Å². The highest BCUT2D eigenvalue weighted by Crippen LogP contribution is 2.12. The normalized spacial score (nSPS) is 22.7. The third-order valence-electron chi connectivity index (χ3n) is 4.21. The van der Waals surface area contributed by atoms with Gasteiger partial charge in [0, 0.05) is 50.8 Å². The molecule has 2 aliphatic heterocycles. The van der Waals surface area contributed by atoms with Gasteiger partial charge in [0.1, 0.15) is 0 Å². The van der Waals surface area contributed by atoms with Gasteiger partial charge in [-0.1, -0.05) is 6.92 Å². The van der Waals surface area contributed by atoms with Crippen molar-refractivity contribution in [2.24, 2.45) is 0 Å². The lowest BCUT2D eigenvalue weighted by Gasteiger charge is -2.43. The number of piperazine rings is 1. The van der Waals surface area contributed by atoms with E-state index in [1.165, 1.54) is 0 Å². The summed E-state index contributed by atoms with van der Waals surface area (Å²) >= 11 is 0. The van der Waals surface area contributed by atoms with Crippen molar-refractivity contribution in [1.29, 1.82) is 0 Å². The molecule has 0 spiro atoms. The van der Waals surface area contributed by atoms with Gasteiger partial charge in [0.25, 0.3) is 0 Å². The number of carbonyl (C=O) groups excluding carboxylic acids is 1. The molecule has 18 heavy (non-hydrogen) atoms. The van der Waals surface area contributed by atoms with Crippen molar-refractivity contribution in [1.82, 2.24) is 20.4 Å². The molecule has 0 bridgehead atoms. The largest absolute Gasteiger partial charge is 0.333 e. The molecule has 0 saturated carbocycles. The van der Waals surface area contributed by atoms with Crippen LogP contribution in [0.5, 0.6) is 0 Å². The molecular weight excluding hydrogens is 228 g/mol. The molecule has 5 heteroatoms. The first-order chi connectivity index (χ1) is 8.52. The zero-order valence-corrected chi connectivity index (χ0v) is 11.8. The summed E-state index contributed by atoms with van der Waals surface area (Å²) in [5.74, 6) is 0. The predicted octanol–water partition coefficient (Wildman–Crippen LogP) is 0.474. The first-order valence-corrected chi connectivity index (χ1v) is 7.04. The highest BCUT2D eigenvalue weighted by atomic mass is 16.2. The molecule has 0 radical (unpaired) electrons. The fraction of sp³-hybridized carbons (Fsp3) is 0.923. The van der Waals surface area contributed by atoms with Crippen LogP contribution in [-0.2, 0) is 0 Å². The van der Waals surface area contributed by atoms with Gasteiger partial charge in [-0.25, -0.2) is 4.79 Å². The Kier molecular flexibility index (Phi) is 4.12. The predicted molar refractivity (Wildman–Crippen MR) is 72.7 cm³/mol. The Morgan fingerprint density at radius 1 is 1.28 bits per heavy atom. The number of carbonyl (C=O) groups is 1. The summed E-state index contributed by atoms with van der Waals surface area (Å²) < 4.78 is 0. The van der Waals surface area contributed by atoms with Crippen LogP contribution in [0.4, 0.5) is 4.79 Å². The van der Waals surface area contributed by atoms with Gasteiger partial charge in [-0.3, -0.25) is 4.90 Å². The zero-order chi connectivity index (χ0) is 13.2. The van der Waals surface area contributed by atoms with Gasteiger partial charge >= 0.3 is 6.03 Å². The minimum Gasteiger partial charge on any atom is -0.333 e. The van der Waals surface area contributed by atoms with E-state index in [1.807, 2.05) is 4.90 Å². The number of amides is 2. The monoisotopic (exact) mass is 254 g/mol. The molecule has 0 aromatic rings. The van der Waals surface area contributed by atoms with Crippen LogP contribution < -0.4 is 10.6 Å². The Morgan fingerprint density at radius 2 is 1.89 bits per heavy atom. The van der Waals surface area contributed by atoms with E-state index in [4.69, 9.17) is 0 Å². The number of hydrogen-bond acceptors (Lipinski definition) is 3. The number of rotatable bonds is 3. The molecule has 2 fully saturated rings. The van der Waals surface area contributed by atoms with Gasteiger partial charge in [0.05, 0.1) is 0 Å². The molecule has 2 N–H and O–H groups in total. The van der Waals surface area contributed by atoms with Crippen molar-refractivity contribution >= 4 is 6.03 Å².